The van der Waals surface area contributed by atoms with Gasteiger partial charge in [-0.2, -0.15) is 0 Å². The number of halogens is 2. The zero-order valence-electron chi connectivity index (χ0n) is 8.52. The number of hydrogen-bond acceptors (Lipinski definition) is 1. The van der Waals surface area contributed by atoms with Crippen molar-refractivity contribution >= 4 is 29.6 Å². The van der Waals surface area contributed by atoms with Crippen molar-refractivity contribution in [3.8, 4) is 0 Å². The van der Waals surface area contributed by atoms with Gasteiger partial charge in [0.1, 0.15) is 0 Å². The molecule has 0 saturated carbocycles. The van der Waals surface area contributed by atoms with Crippen LogP contribution in [-0.4, -0.2) is 17.7 Å². The Labute approximate surface area is 92.4 Å². The van der Waals surface area contributed by atoms with Crippen LogP contribution in [0.2, 0.25) is 0 Å². The van der Waals surface area contributed by atoms with E-state index in [1.54, 1.807) is 6.92 Å². The van der Waals surface area contributed by atoms with Gasteiger partial charge in [-0.25, -0.2) is 0 Å². The van der Waals surface area contributed by atoms with E-state index in [2.05, 4.69) is 6.92 Å². The fourth-order valence-electron chi connectivity index (χ4n) is 1.20. The molecule has 0 aliphatic rings. The second kappa shape index (κ2) is 7.10. The lowest BCUT2D eigenvalue weighted by Crippen LogP contribution is -2.35. The second-order valence-electron chi connectivity index (χ2n) is 3.82. The summed E-state index contributed by atoms with van der Waals surface area (Å²) in [4.78, 5) is 0. The number of unbranched alkanes of at least 4 members (excludes halogenated alkanes) is 4. The third-order valence-electron chi connectivity index (χ3n) is 2.26. The Morgan fingerprint density at radius 1 is 1.15 bits per heavy atom. The van der Waals surface area contributed by atoms with Crippen molar-refractivity contribution in [1.29, 1.82) is 0 Å². The van der Waals surface area contributed by atoms with Crippen LogP contribution in [0.1, 0.15) is 52.4 Å². The molecule has 1 nitrogen and oxygen atoms in total. The van der Waals surface area contributed by atoms with Crippen molar-refractivity contribution in [3.63, 3.8) is 0 Å². The third kappa shape index (κ3) is 6.78. The van der Waals surface area contributed by atoms with Crippen molar-refractivity contribution in [3.05, 3.63) is 0 Å². The summed E-state index contributed by atoms with van der Waals surface area (Å²) >= 11 is 11.5. The van der Waals surface area contributed by atoms with Crippen LogP contribution in [-0.2, 0) is 0 Å². The Bertz CT molecular complexity index is 129. The van der Waals surface area contributed by atoms with E-state index in [4.69, 9.17) is 22.2 Å². The van der Waals surface area contributed by atoms with Crippen LogP contribution >= 0.6 is 22.2 Å². The largest absolute Gasteiger partial charge is 0.391 e. The van der Waals surface area contributed by atoms with Crippen LogP contribution < -0.4 is 0 Å². The van der Waals surface area contributed by atoms with Crippen molar-refractivity contribution in [2.24, 2.45) is 0 Å². The van der Waals surface area contributed by atoms with Crippen molar-refractivity contribution < 1.29 is 5.11 Å². The molecule has 0 radical (unpaired) electrons. The first-order valence-corrected chi connectivity index (χ1v) is 9.08. The molecule has 0 aliphatic carbocycles. The Balaban J connectivity index is 3.41. The van der Waals surface area contributed by atoms with E-state index in [9.17, 15) is 5.11 Å². The minimum atomic E-state index is -1.94. The van der Waals surface area contributed by atoms with Crippen LogP contribution in [0.15, 0.2) is 0 Å². The summed E-state index contributed by atoms with van der Waals surface area (Å²) in [5.41, 5.74) is 0. The van der Waals surface area contributed by atoms with Gasteiger partial charge >= 0.3 is 0 Å². The highest BCUT2D eigenvalue weighted by molar-refractivity contribution is 7.34. The molecule has 0 spiro atoms. The first-order chi connectivity index (χ1) is 6.00. The highest BCUT2D eigenvalue weighted by Gasteiger charge is 2.29. The third-order valence-corrected chi connectivity index (χ3v) is 6.31. The Morgan fingerprint density at radius 3 is 2.15 bits per heavy atom. The maximum absolute atomic E-state index is 9.75. The van der Waals surface area contributed by atoms with E-state index in [1.165, 1.54) is 25.7 Å². The van der Waals surface area contributed by atoms with Crippen molar-refractivity contribution in [2.45, 2.75) is 57.6 Å². The smallest absolute Gasteiger partial charge is 0.267 e. The molecule has 0 aliphatic heterocycles. The lowest BCUT2D eigenvalue weighted by atomic mass is 10.1. The standard InChI is InChI=1S/C9H20Cl2OSi/c1-3-4-5-6-7-8-9(2,12)13(10)11/h12-13H,3-8H2,1-2H3. The van der Waals surface area contributed by atoms with Gasteiger partial charge in [0.2, 0.25) is 0 Å². The summed E-state index contributed by atoms with van der Waals surface area (Å²) in [6, 6.07) is 0. The van der Waals surface area contributed by atoms with E-state index < -0.39 is 12.6 Å². The van der Waals surface area contributed by atoms with E-state index in [-0.39, 0.29) is 0 Å². The van der Waals surface area contributed by atoms with Gasteiger partial charge in [-0.15, -0.1) is 22.2 Å². The summed E-state index contributed by atoms with van der Waals surface area (Å²) < 4.78 is 0. The second-order valence-corrected chi connectivity index (χ2v) is 8.96. The fourth-order valence-corrected chi connectivity index (χ4v) is 2.27. The first-order valence-electron chi connectivity index (χ1n) is 5.01. The van der Waals surface area contributed by atoms with Gasteiger partial charge in [-0.1, -0.05) is 39.0 Å². The molecule has 13 heavy (non-hydrogen) atoms. The normalized spacial score (nSPS) is 16.2. The van der Waals surface area contributed by atoms with Gasteiger partial charge in [0.05, 0.1) is 5.22 Å². The Kier molecular flexibility index (Phi) is 7.52. The monoisotopic (exact) mass is 242 g/mol. The minimum Gasteiger partial charge on any atom is -0.391 e. The molecule has 0 fully saturated rings. The summed E-state index contributed by atoms with van der Waals surface area (Å²) in [5, 5.41) is 8.96. The van der Waals surface area contributed by atoms with Crippen LogP contribution in [0.4, 0.5) is 0 Å². The predicted molar refractivity (Wildman–Crippen MR) is 62.9 cm³/mol. The Morgan fingerprint density at radius 2 is 1.69 bits per heavy atom. The molecule has 0 bridgehead atoms. The molecular formula is C9H20Cl2OSi. The van der Waals surface area contributed by atoms with Gasteiger partial charge in [-0.05, 0) is 13.3 Å². The van der Waals surface area contributed by atoms with Gasteiger partial charge < -0.3 is 5.11 Å². The molecule has 0 aromatic heterocycles. The summed E-state index contributed by atoms with van der Waals surface area (Å²) in [6.45, 7) is 3.94. The summed E-state index contributed by atoms with van der Waals surface area (Å²) in [6.07, 6.45) is 6.75. The number of aliphatic hydroxyl groups is 1. The molecule has 0 saturated heterocycles. The van der Waals surface area contributed by atoms with Crippen molar-refractivity contribution in [2.75, 3.05) is 0 Å². The number of rotatable bonds is 7. The summed E-state index contributed by atoms with van der Waals surface area (Å²) in [5.74, 6) is 0. The Hall–Kier alpha value is 0.757. The minimum absolute atomic E-state index is 0.751. The SMILES string of the molecule is CCCCCCCC(C)(O)[SiH](Cl)Cl. The predicted octanol–water partition coefficient (Wildman–Crippen LogP) is 3.34. The maximum Gasteiger partial charge on any atom is 0.267 e. The molecule has 0 amide bonds. The molecule has 0 aromatic rings. The molecule has 80 valence electrons. The van der Waals surface area contributed by atoms with E-state index in [0.717, 1.165) is 12.8 Å². The fraction of sp³-hybridized carbons (Fsp3) is 1.00. The zero-order valence-corrected chi connectivity index (χ0v) is 11.2. The molecule has 1 unspecified atom stereocenters. The van der Waals surface area contributed by atoms with Crippen LogP contribution in [0.5, 0.6) is 0 Å². The van der Waals surface area contributed by atoms with Gasteiger partial charge in [0, 0.05) is 0 Å². The van der Waals surface area contributed by atoms with Crippen LogP contribution in [0.3, 0.4) is 0 Å². The van der Waals surface area contributed by atoms with E-state index >= 15 is 0 Å². The highest BCUT2D eigenvalue weighted by atomic mass is 35.7. The van der Waals surface area contributed by atoms with Gasteiger partial charge in [0.25, 0.3) is 7.42 Å². The van der Waals surface area contributed by atoms with Crippen molar-refractivity contribution in [1.82, 2.24) is 0 Å². The maximum atomic E-state index is 9.75. The molecule has 0 rings (SSSR count). The number of hydrogen-bond donors (Lipinski definition) is 1. The molecule has 0 heterocycles. The van der Waals surface area contributed by atoms with Gasteiger partial charge in [0.15, 0.2) is 0 Å². The first kappa shape index (κ1) is 13.8. The average molecular weight is 243 g/mol. The quantitative estimate of drug-likeness (QED) is 0.413. The lowest BCUT2D eigenvalue weighted by molar-refractivity contribution is 0.131. The van der Waals surface area contributed by atoms with E-state index in [0.29, 0.717) is 0 Å². The van der Waals surface area contributed by atoms with Gasteiger partial charge in [-0.3, -0.25) is 0 Å². The zero-order chi connectivity index (χ0) is 10.3. The topological polar surface area (TPSA) is 20.2 Å². The van der Waals surface area contributed by atoms with Crippen LogP contribution in [0, 0.1) is 0 Å². The van der Waals surface area contributed by atoms with Crippen LogP contribution in [0.25, 0.3) is 0 Å². The van der Waals surface area contributed by atoms with E-state index in [1.807, 2.05) is 0 Å². The molecule has 0 aromatic carbocycles. The summed E-state index contributed by atoms with van der Waals surface area (Å²) in [7, 11) is -1.94. The molecule has 4 heteroatoms. The molecule has 1 atom stereocenters. The highest BCUT2D eigenvalue weighted by Crippen LogP contribution is 2.22. The lowest BCUT2D eigenvalue weighted by Gasteiger charge is -2.22. The molecular weight excluding hydrogens is 223 g/mol. The molecule has 1 N–H and O–H groups in total. The average Bonchev–Trinajstić information content (AvgIpc) is 2.03.